The van der Waals surface area contributed by atoms with Crippen LogP contribution >= 0.6 is 11.3 Å². The molecule has 8 nitrogen and oxygen atoms in total. The molecule has 5 aromatic rings. The van der Waals surface area contributed by atoms with Gasteiger partial charge >= 0.3 is 0 Å². The number of H-pyrrole nitrogens is 1. The minimum Gasteiger partial charge on any atom is -0.496 e. The first kappa shape index (κ1) is 21.4. The molecular formula is C24H26N6O2S. The van der Waals surface area contributed by atoms with Crippen LogP contribution in [0.15, 0.2) is 16.7 Å². The molecule has 9 heteroatoms. The van der Waals surface area contributed by atoms with Crippen molar-refractivity contribution in [2.75, 3.05) is 12.4 Å². The Morgan fingerprint density at radius 1 is 1.09 bits per heavy atom. The van der Waals surface area contributed by atoms with Gasteiger partial charge in [-0.2, -0.15) is 0 Å². The molecule has 0 amide bonds. The minimum atomic E-state index is 0.302. The van der Waals surface area contributed by atoms with E-state index in [1.807, 2.05) is 33.8 Å². The predicted octanol–water partition coefficient (Wildman–Crippen LogP) is 6.33. The number of rotatable bonds is 5. The van der Waals surface area contributed by atoms with Crippen LogP contribution in [-0.4, -0.2) is 32.2 Å². The molecule has 1 aromatic carbocycles. The largest absolute Gasteiger partial charge is 0.496 e. The maximum Gasteiger partial charge on any atom is 0.144 e. The molecule has 0 saturated carbocycles. The Morgan fingerprint density at radius 2 is 1.88 bits per heavy atom. The summed E-state index contributed by atoms with van der Waals surface area (Å²) in [7, 11) is 1.67. The van der Waals surface area contributed by atoms with Gasteiger partial charge in [-0.05, 0) is 45.7 Å². The molecule has 0 atom stereocenters. The van der Waals surface area contributed by atoms with Crippen molar-refractivity contribution in [1.82, 2.24) is 25.1 Å². The van der Waals surface area contributed by atoms with E-state index in [9.17, 15) is 0 Å². The third-order valence-electron chi connectivity index (χ3n) is 5.72. The summed E-state index contributed by atoms with van der Waals surface area (Å²) in [5.41, 5.74) is 5.43. The van der Waals surface area contributed by atoms with Crippen molar-refractivity contribution < 1.29 is 9.26 Å². The molecule has 0 unspecified atom stereocenters. The number of anilines is 2. The number of nitrogens with one attached hydrogen (secondary N) is 2. The summed E-state index contributed by atoms with van der Waals surface area (Å²) >= 11 is 1.64. The maximum atomic E-state index is 5.79. The quantitative estimate of drug-likeness (QED) is 0.314. The van der Waals surface area contributed by atoms with Gasteiger partial charge in [-0.25, -0.2) is 15.0 Å². The highest BCUT2D eigenvalue weighted by Crippen LogP contribution is 2.41. The Labute approximate surface area is 195 Å². The van der Waals surface area contributed by atoms with E-state index in [0.29, 0.717) is 11.7 Å². The van der Waals surface area contributed by atoms with Crippen LogP contribution in [0, 0.1) is 27.7 Å². The lowest BCUT2D eigenvalue weighted by molar-refractivity contribution is 0.393. The number of fused-ring (bicyclic) bond motifs is 3. The summed E-state index contributed by atoms with van der Waals surface area (Å²) in [4.78, 5) is 17.6. The molecule has 0 aliphatic heterocycles. The Bertz CT molecular complexity index is 1490. The SMILES string of the molecule is COc1cc2c(cc1-c1c(C)noc1C)[nH]c1nc(C)nc(Nc3sc(C)nc3C(C)C)c12. The first-order valence-electron chi connectivity index (χ1n) is 10.8. The summed E-state index contributed by atoms with van der Waals surface area (Å²) in [6.07, 6.45) is 0. The highest BCUT2D eigenvalue weighted by molar-refractivity contribution is 7.15. The van der Waals surface area contributed by atoms with E-state index in [1.54, 1.807) is 18.4 Å². The van der Waals surface area contributed by atoms with Gasteiger partial charge in [0.05, 0.1) is 34.5 Å². The maximum absolute atomic E-state index is 5.79. The van der Waals surface area contributed by atoms with Gasteiger partial charge in [0, 0.05) is 16.5 Å². The number of benzene rings is 1. The van der Waals surface area contributed by atoms with Crippen molar-refractivity contribution in [2.24, 2.45) is 0 Å². The lowest BCUT2D eigenvalue weighted by Gasteiger charge is -2.11. The van der Waals surface area contributed by atoms with E-state index in [2.05, 4.69) is 40.4 Å². The number of aryl methyl sites for hydroxylation is 4. The van der Waals surface area contributed by atoms with Gasteiger partial charge in [-0.15, -0.1) is 11.3 Å². The highest BCUT2D eigenvalue weighted by Gasteiger charge is 2.21. The second-order valence-corrected chi connectivity index (χ2v) is 9.70. The van der Waals surface area contributed by atoms with E-state index < -0.39 is 0 Å². The number of aromatic nitrogens is 5. The predicted molar refractivity (Wildman–Crippen MR) is 132 cm³/mol. The third-order valence-corrected chi connectivity index (χ3v) is 6.63. The molecule has 0 radical (unpaired) electrons. The zero-order chi connectivity index (χ0) is 23.4. The number of methoxy groups -OCH3 is 1. The molecule has 0 fully saturated rings. The fraction of sp³-hybridized carbons (Fsp3) is 0.333. The van der Waals surface area contributed by atoms with Crippen LogP contribution in [0.5, 0.6) is 5.75 Å². The van der Waals surface area contributed by atoms with Crippen LogP contribution in [0.4, 0.5) is 10.8 Å². The van der Waals surface area contributed by atoms with Crippen LogP contribution in [0.25, 0.3) is 33.1 Å². The van der Waals surface area contributed by atoms with E-state index in [4.69, 9.17) is 19.2 Å². The molecule has 4 heterocycles. The first-order valence-corrected chi connectivity index (χ1v) is 11.6. The van der Waals surface area contributed by atoms with Crippen LogP contribution in [-0.2, 0) is 0 Å². The number of hydrogen-bond acceptors (Lipinski definition) is 8. The van der Waals surface area contributed by atoms with Gasteiger partial charge in [-0.3, -0.25) is 0 Å². The average Bonchev–Trinajstić information content (AvgIpc) is 3.40. The Morgan fingerprint density at radius 3 is 2.55 bits per heavy atom. The number of thiazole rings is 1. The van der Waals surface area contributed by atoms with Gasteiger partial charge in [-0.1, -0.05) is 19.0 Å². The number of aromatic amines is 1. The second kappa shape index (κ2) is 7.84. The van der Waals surface area contributed by atoms with Crippen molar-refractivity contribution in [3.63, 3.8) is 0 Å². The van der Waals surface area contributed by atoms with Gasteiger partial charge in [0.1, 0.15) is 33.8 Å². The molecular weight excluding hydrogens is 436 g/mol. The molecule has 4 aromatic heterocycles. The van der Waals surface area contributed by atoms with Crippen molar-refractivity contribution in [2.45, 2.75) is 47.5 Å². The summed E-state index contributed by atoms with van der Waals surface area (Å²) < 4.78 is 11.2. The standard InChI is InChI=1S/C24H26N6O2S/c1-10(2)21-24(33-14(6)27-21)29-23-20-15-9-18(31-7)16(19-11(3)30-32-12(19)4)8-17(15)28-22(20)25-13(5)26-23/h8-10H,1-7H3,(H2,25,26,28,29). The van der Waals surface area contributed by atoms with Gasteiger partial charge in [0.2, 0.25) is 0 Å². The smallest absolute Gasteiger partial charge is 0.144 e. The Kier molecular flexibility index (Phi) is 5.08. The zero-order valence-electron chi connectivity index (χ0n) is 19.7. The van der Waals surface area contributed by atoms with E-state index >= 15 is 0 Å². The summed E-state index contributed by atoms with van der Waals surface area (Å²) in [6, 6.07) is 4.10. The average molecular weight is 463 g/mol. The van der Waals surface area contributed by atoms with E-state index in [1.165, 1.54) is 0 Å². The fourth-order valence-electron chi connectivity index (χ4n) is 4.29. The lowest BCUT2D eigenvalue weighted by atomic mass is 10.0. The molecule has 0 aliphatic rings. The topological polar surface area (TPSA) is 102 Å². The summed E-state index contributed by atoms with van der Waals surface area (Å²) in [6.45, 7) is 12.1. The minimum absolute atomic E-state index is 0.302. The third kappa shape index (κ3) is 3.52. The molecule has 5 rings (SSSR count). The van der Waals surface area contributed by atoms with Crippen molar-refractivity contribution in [3.8, 4) is 16.9 Å². The highest BCUT2D eigenvalue weighted by atomic mass is 32.1. The molecule has 0 saturated heterocycles. The van der Waals surface area contributed by atoms with Crippen LogP contribution < -0.4 is 10.1 Å². The van der Waals surface area contributed by atoms with E-state index in [0.717, 1.165) is 71.8 Å². The molecule has 0 bridgehead atoms. The normalized spacial score (nSPS) is 11.8. The number of ether oxygens (including phenoxy) is 1. The molecule has 0 spiro atoms. The summed E-state index contributed by atoms with van der Waals surface area (Å²) in [5.74, 6) is 3.22. The van der Waals surface area contributed by atoms with Crippen molar-refractivity contribution >= 4 is 44.1 Å². The Balaban J connectivity index is 1.75. The van der Waals surface area contributed by atoms with Gasteiger partial charge < -0.3 is 19.6 Å². The lowest BCUT2D eigenvalue weighted by Crippen LogP contribution is -2.00. The monoisotopic (exact) mass is 462 g/mol. The number of nitrogens with zero attached hydrogens (tertiary/aromatic N) is 4. The summed E-state index contributed by atoms with van der Waals surface area (Å²) in [5, 5.41) is 11.6. The van der Waals surface area contributed by atoms with Crippen LogP contribution in [0.2, 0.25) is 0 Å². The van der Waals surface area contributed by atoms with Gasteiger partial charge in [0.15, 0.2) is 0 Å². The van der Waals surface area contributed by atoms with Crippen molar-refractivity contribution in [3.05, 3.63) is 40.1 Å². The zero-order valence-corrected chi connectivity index (χ0v) is 20.6. The molecule has 170 valence electrons. The molecule has 0 aliphatic carbocycles. The molecule has 33 heavy (non-hydrogen) atoms. The molecule has 2 N–H and O–H groups in total. The van der Waals surface area contributed by atoms with E-state index in [-0.39, 0.29) is 0 Å². The van der Waals surface area contributed by atoms with Crippen molar-refractivity contribution in [1.29, 1.82) is 0 Å². The van der Waals surface area contributed by atoms with Crippen LogP contribution in [0.1, 0.15) is 47.7 Å². The second-order valence-electron chi connectivity index (χ2n) is 8.49. The number of hydrogen-bond donors (Lipinski definition) is 2. The van der Waals surface area contributed by atoms with Gasteiger partial charge in [0.25, 0.3) is 0 Å². The fourth-order valence-corrected chi connectivity index (χ4v) is 5.26. The van der Waals surface area contributed by atoms with Crippen LogP contribution in [0.3, 0.4) is 0 Å². The Hall–Kier alpha value is -3.46. The first-order chi connectivity index (χ1) is 15.8.